The average molecular weight is 302 g/mol. The zero-order valence-corrected chi connectivity index (χ0v) is 12.2. The van der Waals surface area contributed by atoms with Gasteiger partial charge in [-0.2, -0.15) is 4.98 Å². The smallest absolute Gasteiger partial charge is 0.316 e. The van der Waals surface area contributed by atoms with E-state index in [-0.39, 0.29) is 11.8 Å². The van der Waals surface area contributed by atoms with Crippen molar-refractivity contribution in [3.63, 3.8) is 0 Å². The fourth-order valence-electron chi connectivity index (χ4n) is 2.25. The van der Waals surface area contributed by atoms with Crippen molar-refractivity contribution in [2.45, 2.75) is 0 Å². The van der Waals surface area contributed by atoms with E-state index in [2.05, 4.69) is 20.4 Å². The Morgan fingerprint density at radius 3 is 2.77 bits per heavy atom. The molecule has 0 spiro atoms. The Morgan fingerprint density at radius 1 is 1.23 bits per heavy atom. The lowest BCUT2D eigenvalue weighted by atomic mass is 10.2. The van der Waals surface area contributed by atoms with Gasteiger partial charge in [-0.1, -0.05) is 35.5 Å². The number of hydrogen-bond donors (Lipinski definition) is 1. The van der Waals surface area contributed by atoms with Gasteiger partial charge in [0.1, 0.15) is 0 Å². The molecule has 0 atom stereocenters. The lowest BCUT2D eigenvalue weighted by Gasteiger charge is -2.26. The maximum atomic E-state index is 12.0. The number of ether oxygens (including phenoxy) is 1. The van der Waals surface area contributed by atoms with Crippen LogP contribution >= 0.6 is 0 Å². The van der Waals surface area contributed by atoms with E-state index in [1.807, 2.05) is 30.3 Å². The highest BCUT2D eigenvalue weighted by molar-refractivity contribution is 5.89. The molecule has 1 saturated heterocycles. The Labute approximate surface area is 128 Å². The molecule has 7 nitrogen and oxygen atoms in total. The van der Waals surface area contributed by atoms with Crippen molar-refractivity contribution in [3.8, 4) is 11.4 Å². The molecule has 0 unspecified atom stereocenters. The van der Waals surface area contributed by atoms with Crippen LogP contribution in [0.4, 0.5) is 0 Å². The number of morpholine rings is 1. The Kier molecular flexibility index (Phi) is 4.77. The molecule has 1 N–H and O–H groups in total. The van der Waals surface area contributed by atoms with Crippen LogP contribution in [0.15, 0.2) is 34.9 Å². The molecular formula is C15H18N4O3. The van der Waals surface area contributed by atoms with E-state index in [4.69, 9.17) is 9.26 Å². The van der Waals surface area contributed by atoms with E-state index in [9.17, 15) is 4.79 Å². The van der Waals surface area contributed by atoms with Crippen LogP contribution in [0.5, 0.6) is 0 Å². The first-order valence-electron chi connectivity index (χ1n) is 7.30. The average Bonchev–Trinajstić information content (AvgIpc) is 3.07. The minimum atomic E-state index is -0.344. The Balaban J connectivity index is 1.51. The summed E-state index contributed by atoms with van der Waals surface area (Å²) < 4.78 is 10.3. The lowest BCUT2D eigenvalue weighted by molar-refractivity contribution is 0.0382. The third-order valence-electron chi connectivity index (χ3n) is 3.47. The van der Waals surface area contributed by atoms with E-state index < -0.39 is 0 Å². The monoisotopic (exact) mass is 302 g/mol. The van der Waals surface area contributed by atoms with Crippen LogP contribution in [-0.2, 0) is 4.74 Å². The first-order valence-corrected chi connectivity index (χ1v) is 7.30. The summed E-state index contributed by atoms with van der Waals surface area (Å²) in [5.74, 6) is 0.0581. The largest absolute Gasteiger partial charge is 0.379 e. The van der Waals surface area contributed by atoms with Crippen LogP contribution in [0.25, 0.3) is 11.4 Å². The van der Waals surface area contributed by atoms with Gasteiger partial charge in [-0.3, -0.25) is 9.69 Å². The fraction of sp³-hybridized carbons (Fsp3) is 0.400. The van der Waals surface area contributed by atoms with Crippen molar-refractivity contribution in [2.75, 3.05) is 39.4 Å². The third-order valence-corrected chi connectivity index (χ3v) is 3.47. The first-order chi connectivity index (χ1) is 10.8. The molecule has 1 amide bonds. The molecule has 3 rings (SSSR count). The predicted octanol–water partition coefficient (Wildman–Crippen LogP) is 0.799. The lowest BCUT2D eigenvalue weighted by Crippen LogP contribution is -2.41. The molecule has 1 aromatic carbocycles. The second-order valence-electron chi connectivity index (χ2n) is 5.00. The summed E-state index contributed by atoms with van der Waals surface area (Å²) in [5.41, 5.74) is 0.818. The number of carbonyl (C=O) groups excluding carboxylic acids is 1. The summed E-state index contributed by atoms with van der Waals surface area (Å²) in [7, 11) is 0. The molecule has 22 heavy (non-hydrogen) atoms. The van der Waals surface area contributed by atoms with Crippen molar-refractivity contribution in [1.29, 1.82) is 0 Å². The van der Waals surface area contributed by atoms with Gasteiger partial charge < -0.3 is 14.6 Å². The highest BCUT2D eigenvalue weighted by atomic mass is 16.5. The highest BCUT2D eigenvalue weighted by Gasteiger charge is 2.16. The van der Waals surface area contributed by atoms with E-state index in [1.54, 1.807) is 0 Å². The van der Waals surface area contributed by atoms with Crippen LogP contribution < -0.4 is 5.32 Å². The van der Waals surface area contributed by atoms with Gasteiger partial charge in [0.15, 0.2) is 0 Å². The Bertz CT molecular complexity index is 608. The molecular weight excluding hydrogens is 284 g/mol. The Hall–Kier alpha value is -2.25. The van der Waals surface area contributed by atoms with Crippen molar-refractivity contribution in [2.24, 2.45) is 0 Å². The quantitative estimate of drug-likeness (QED) is 0.880. The van der Waals surface area contributed by atoms with Crippen LogP contribution in [0.3, 0.4) is 0 Å². The van der Waals surface area contributed by atoms with Crippen LogP contribution in [0.1, 0.15) is 10.7 Å². The standard InChI is InChI=1S/C15H18N4O3/c20-14(16-6-7-19-8-10-21-11-9-19)15-17-13(18-22-15)12-4-2-1-3-5-12/h1-5H,6-11H2,(H,16,20). The Morgan fingerprint density at radius 2 is 2.00 bits per heavy atom. The zero-order chi connectivity index (χ0) is 15.2. The zero-order valence-electron chi connectivity index (χ0n) is 12.2. The number of rotatable bonds is 5. The van der Waals surface area contributed by atoms with E-state index in [1.165, 1.54) is 0 Å². The van der Waals surface area contributed by atoms with Gasteiger partial charge in [0.05, 0.1) is 13.2 Å². The van der Waals surface area contributed by atoms with Gasteiger partial charge in [0.2, 0.25) is 5.82 Å². The number of nitrogens with zero attached hydrogens (tertiary/aromatic N) is 3. The maximum absolute atomic E-state index is 12.0. The highest BCUT2D eigenvalue weighted by Crippen LogP contribution is 2.14. The van der Waals surface area contributed by atoms with Crippen molar-refractivity contribution >= 4 is 5.91 Å². The predicted molar refractivity (Wildman–Crippen MR) is 79.3 cm³/mol. The number of carbonyl (C=O) groups is 1. The molecule has 0 saturated carbocycles. The molecule has 1 fully saturated rings. The van der Waals surface area contributed by atoms with Crippen molar-refractivity contribution in [1.82, 2.24) is 20.4 Å². The number of nitrogens with one attached hydrogen (secondary N) is 1. The van der Waals surface area contributed by atoms with Gasteiger partial charge in [-0.15, -0.1) is 0 Å². The summed E-state index contributed by atoms with van der Waals surface area (Å²) in [6, 6.07) is 9.40. The number of aromatic nitrogens is 2. The molecule has 0 radical (unpaired) electrons. The summed E-state index contributed by atoms with van der Waals surface area (Å²) >= 11 is 0. The normalized spacial score (nSPS) is 15.6. The third kappa shape index (κ3) is 3.69. The van der Waals surface area contributed by atoms with E-state index in [0.717, 1.165) is 38.4 Å². The molecule has 1 aliphatic heterocycles. The molecule has 1 aliphatic rings. The van der Waals surface area contributed by atoms with E-state index >= 15 is 0 Å². The second-order valence-corrected chi connectivity index (χ2v) is 5.00. The first kappa shape index (κ1) is 14.7. The minimum Gasteiger partial charge on any atom is -0.379 e. The topological polar surface area (TPSA) is 80.5 Å². The minimum absolute atomic E-state index is 0.0131. The maximum Gasteiger partial charge on any atom is 0.316 e. The fourth-order valence-corrected chi connectivity index (χ4v) is 2.25. The molecule has 116 valence electrons. The summed E-state index contributed by atoms with van der Waals surface area (Å²) in [4.78, 5) is 18.3. The van der Waals surface area contributed by atoms with Crippen LogP contribution in [0, 0.1) is 0 Å². The molecule has 2 aromatic rings. The van der Waals surface area contributed by atoms with Crippen molar-refractivity contribution < 1.29 is 14.1 Å². The van der Waals surface area contributed by atoms with E-state index in [0.29, 0.717) is 12.4 Å². The van der Waals surface area contributed by atoms with Crippen LogP contribution in [0.2, 0.25) is 0 Å². The summed E-state index contributed by atoms with van der Waals surface area (Å²) in [6.45, 7) is 4.62. The van der Waals surface area contributed by atoms with Gasteiger partial charge in [0, 0.05) is 31.7 Å². The number of hydrogen-bond acceptors (Lipinski definition) is 6. The molecule has 7 heteroatoms. The van der Waals surface area contributed by atoms with Gasteiger partial charge >= 0.3 is 11.8 Å². The van der Waals surface area contributed by atoms with Gasteiger partial charge in [0.25, 0.3) is 0 Å². The SMILES string of the molecule is O=C(NCCN1CCOCC1)c1nc(-c2ccccc2)no1. The molecule has 0 aliphatic carbocycles. The molecule has 0 bridgehead atoms. The number of amides is 1. The molecule has 2 heterocycles. The van der Waals surface area contributed by atoms with Gasteiger partial charge in [-0.05, 0) is 0 Å². The van der Waals surface area contributed by atoms with Gasteiger partial charge in [-0.25, -0.2) is 0 Å². The van der Waals surface area contributed by atoms with Crippen molar-refractivity contribution in [3.05, 3.63) is 36.2 Å². The second kappa shape index (κ2) is 7.15. The number of benzene rings is 1. The molecule has 1 aromatic heterocycles. The summed E-state index contributed by atoms with van der Waals surface area (Å²) in [6.07, 6.45) is 0. The summed E-state index contributed by atoms with van der Waals surface area (Å²) in [5, 5.41) is 6.62. The van der Waals surface area contributed by atoms with Crippen LogP contribution in [-0.4, -0.2) is 60.3 Å².